The Hall–Kier alpha value is -10.7. The number of carboxylic acid groups (broad SMARTS) is 2. The summed E-state index contributed by atoms with van der Waals surface area (Å²) in [5.41, 5.74) is -0.572. The number of pyridine rings is 2. The Morgan fingerprint density at radius 2 is 0.859 bits per heavy atom. The highest BCUT2D eigenvalue weighted by molar-refractivity contribution is 5.93. The van der Waals surface area contributed by atoms with Gasteiger partial charge in [0.2, 0.25) is 0 Å². The lowest BCUT2D eigenvalue weighted by molar-refractivity contribution is 0.0686. The first-order valence-corrected chi connectivity index (χ1v) is 28.0. The Morgan fingerprint density at radius 1 is 0.478 bits per heavy atom. The van der Waals surface area contributed by atoms with Crippen LogP contribution in [-0.4, -0.2) is 77.6 Å². The summed E-state index contributed by atoms with van der Waals surface area (Å²) in [5.74, 6) is -11.9. The van der Waals surface area contributed by atoms with E-state index in [9.17, 15) is 46.1 Å². The van der Waals surface area contributed by atoms with Gasteiger partial charge in [-0.05, 0) is 120 Å². The van der Waals surface area contributed by atoms with E-state index >= 15 is 17.6 Å². The summed E-state index contributed by atoms with van der Waals surface area (Å²) in [5, 5.41) is 36.7. The predicted molar refractivity (Wildman–Crippen MR) is 307 cm³/mol. The van der Waals surface area contributed by atoms with E-state index in [0.717, 1.165) is 60.7 Å². The first-order valence-electron chi connectivity index (χ1n) is 28.0. The molecule has 26 heteroatoms. The molecule has 92 heavy (non-hydrogen) atoms. The normalized spacial score (nSPS) is 16.1. The van der Waals surface area contributed by atoms with E-state index < -0.39 is 106 Å². The van der Waals surface area contributed by atoms with E-state index in [1.165, 1.54) is 36.4 Å². The molecule has 4 aromatic heterocycles. The van der Waals surface area contributed by atoms with Gasteiger partial charge in [-0.25, -0.2) is 73.4 Å². The number of carboxylic acids is 2. The molecule has 16 nitrogen and oxygen atoms in total. The number of aromatic nitrogens is 6. The molecule has 0 unspecified atom stereocenters. The van der Waals surface area contributed by atoms with Crippen molar-refractivity contribution in [2.45, 2.75) is 52.0 Å². The zero-order valence-corrected chi connectivity index (χ0v) is 48.1. The molecule has 6 aromatic carbocycles. The maximum atomic E-state index is 15.6. The van der Waals surface area contributed by atoms with Crippen LogP contribution in [0.15, 0.2) is 109 Å². The van der Waals surface area contributed by atoms with E-state index in [-0.39, 0.29) is 92.7 Å². The summed E-state index contributed by atoms with van der Waals surface area (Å²) in [6, 6.07) is 22.2. The molecule has 0 saturated carbocycles. The molecule has 4 atom stereocenters. The van der Waals surface area contributed by atoms with Crippen molar-refractivity contribution in [2.24, 2.45) is 11.8 Å². The Balaban J connectivity index is 0.000000188. The lowest BCUT2D eigenvalue weighted by Gasteiger charge is -2.20. The van der Waals surface area contributed by atoms with Gasteiger partial charge in [-0.15, -0.1) is 0 Å². The fraction of sp³-hybridized carbons (Fsp3) is 0.212. The third-order valence-corrected chi connectivity index (χ3v) is 15.7. The second-order valence-corrected chi connectivity index (χ2v) is 21.8. The van der Waals surface area contributed by atoms with Gasteiger partial charge in [0.05, 0.1) is 94.2 Å². The Kier molecular flexibility index (Phi) is 17.8. The van der Waals surface area contributed by atoms with Crippen LogP contribution in [0.2, 0.25) is 0 Å². The maximum Gasteiger partial charge on any atom is 0.335 e. The van der Waals surface area contributed by atoms with Gasteiger partial charge in [-0.1, -0.05) is 13.8 Å². The summed E-state index contributed by atoms with van der Waals surface area (Å²) in [4.78, 5) is 40.4. The SMILES string of the molecule is C[C@H]1COC[C@H]1n1c(Cc2cc(F)c(-c3ccc(F)c(OCc4cc(F)c(C#N)cc4F)n3)cc2F)nc2ccc(C(=O)O)cc21.C[C@H]1COC[C@H]1n1c(Cc2cc(F)c(-c3ccc(F)c(OCc4cc(F)c(C#N)cc4F)n3)cc2F)nc2ccc(C(=O)O)cc21. The van der Waals surface area contributed by atoms with Crippen molar-refractivity contribution in [3.05, 3.63) is 224 Å². The Bertz CT molecular complexity index is 4410. The standard InChI is InChI=1S/2C33H23F5N4O4/c2*1-16-13-45-15-30(16)42-29-9-17(33(43)44)2-4-28(29)40-31(42)10-18-6-26(38)21(11-25(18)37)27-5-3-22(34)32(41-27)46-14-20-8-23(35)19(12-39)7-24(20)36/h2*2-9,11,16,30H,10,13-15H2,1H3,(H,43,44)/t2*16-,30+/m00/s1. The van der Waals surface area contributed by atoms with Crippen molar-refractivity contribution in [1.29, 1.82) is 10.5 Å². The summed E-state index contributed by atoms with van der Waals surface area (Å²) < 4.78 is 173. The van der Waals surface area contributed by atoms with Crippen molar-refractivity contribution in [1.82, 2.24) is 29.1 Å². The monoisotopic (exact) mass is 1270 g/mol. The van der Waals surface area contributed by atoms with Gasteiger partial charge < -0.3 is 38.3 Å². The van der Waals surface area contributed by atoms with Gasteiger partial charge in [-0.2, -0.15) is 10.5 Å². The molecule has 2 saturated heterocycles. The molecule has 0 radical (unpaired) electrons. The largest absolute Gasteiger partial charge is 0.478 e. The van der Waals surface area contributed by atoms with Crippen LogP contribution in [0.25, 0.3) is 44.6 Å². The van der Waals surface area contributed by atoms with Crippen LogP contribution in [0.3, 0.4) is 0 Å². The first kappa shape index (κ1) is 62.9. The smallest absolute Gasteiger partial charge is 0.335 e. The third-order valence-electron chi connectivity index (χ3n) is 15.7. The predicted octanol–water partition coefficient (Wildman–Crippen LogP) is 13.5. The molecule has 2 aliphatic heterocycles. The average Bonchev–Trinajstić information content (AvgIpc) is 1.60. The molecule has 12 rings (SSSR count). The number of imidazole rings is 2. The number of benzene rings is 6. The number of hydrogen-bond donors (Lipinski definition) is 2. The van der Waals surface area contributed by atoms with Crippen molar-refractivity contribution in [3.63, 3.8) is 0 Å². The van der Waals surface area contributed by atoms with E-state index in [2.05, 4.69) is 19.9 Å². The molecule has 2 fully saturated rings. The number of carbonyl (C=O) groups is 2. The second kappa shape index (κ2) is 26.0. The number of nitriles is 2. The molecule has 0 aliphatic carbocycles. The van der Waals surface area contributed by atoms with Gasteiger partial charge in [-0.3, -0.25) is 0 Å². The van der Waals surface area contributed by atoms with Crippen LogP contribution in [-0.2, 0) is 35.5 Å². The van der Waals surface area contributed by atoms with Crippen molar-refractivity contribution in [2.75, 3.05) is 26.4 Å². The molecule has 6 heterocycles. The topological polar surface area (TPSA) is 221 Å². The number of rotatable bonds is 16. The lowest BCUT2D eigenvalue weighted by atomic mass is 10.0. The quantitative estimate of drug-likeness (QED) is 0.0860. The Labute approximate surface area is 514 Å². The van der Waals surface area contributed by atoms with E-state index in [1.807, 2.05) is 23.0 Å². The molecule has 0 amide bonds. The van der Waals surface area contributed by atoms with Gasteiger partial charge in [0, 0.05) is 46.9 Å². The summed E-state index contributed by atoms with van der Waals surface area (Å²) in [7, 11) is 0. The molecule has 10 aromatic rings. The van der Waals surface area contributed by atoms with E-state index in [4.69, 9.17) is 29.5 Å². The van der Waals surface area contributed by atoms with E-state index in [0.29, 0.717) is 72.3 Å². The van der Waals surface area contributed by atoms with E-state index in [1.54, 1.807) is 12.1 Å². The minimum atomic E-state index is -1.12. The number of ether oxygens (including phenoxy) is 4. The fourth-order valence-corrected chi connectivity index (χ4v) is 10.9. The van der Waals surface area contributed by atoms with Gasteiger partial charge in [0.1, 0.15) is 83.5 Å². The zero-order valence-electron chi connectivity index (χ0n) is 48.1. The second-order valence-electron chi connectivity index (χ2n) is 21.8. The molecule has 2 aliphatic rings. The molecule has 0 bridgehead atoms. The van der Waals surface area contributed by atoms with Crippen LogP contribution in [0, 0.1) is 92.7 Å². The molecule has 0 spiro atoms. The van der Waals surface area contributed by atoms with Crippen LogP contribution >= 0.6 is 0 Å². The molecule has 2 N–H and O–H groups in total. The number of hydrogen-bond acceptors (Lipinski definition) is 12. The zero-order chi connectivity index (χ0) is 65.4. The van der Waals surface area contributed by atoms with Crippen molar-refractivity contribution >= 4 is 34.0 Å². The lowest BCUT2D eigenvalue weighted by Crippen LogP contribution is -2.18. The highest BCUT2D eigenvalue weighted by atomic mass is 19.2. The van der Waals surface area contributed by atoms with Crippen molar-refractivity contribution < 1.29 is 82.7 Å². The third kappa shape index (κ3) is 12.7. The highest BCUT2D eigenvalue weighted by Crippen LogP contribution is 2.37. The van der Waals surface area contributed by atoms with Crippen LogP contribution < -0.4 is 9.47 Å². The summed E-state index contributed by atoms with van der Waals surface area (Å²) in [6.07, 6.45) is -0.275. The maximum absolute atomic E-state index is 15.6. The number of nitrogens with zero attached hydrogens (tertiary/aromatic N) is 8. The van der Waals surface area contributed by atoms with Gasteiger partial charge in [0.15, 0.2) is 11.6 Å². The Morgan fingerprint density at radius 3 is 1.22 bits per heavy atom. The number of fused-ring (bicyclic) bond motifs is 2. The average molecular weight is 1270 g/mol. The summed E-state index contributed by atoms with van der Waals surface area (Å²) in [6.45, 7) is 4.23. The summed E-state index contributed by atoms with van der Waals surface area (Å²) >= 11 is 0. The number of halogens is 10. The van der Waals surface area contributed by atoms with Crippen molar-refractivity contribution in [3.8, 4) is 46.4 Å². The first-order chi connectivity index (χ1) is 44.1. The van der Waals surface area contributed by atoms with Gasteiger partial charge in [0.25, 0.3) is 11.8 Å². The van der Waals surface area contributed by atoms with Crippen LogP contribution in [0.4, 0.5) is 43.9 Å². The highest BCUT2D eigenvalue weighted by Gasteiger charge is 2.33. The molecular weight excluding hydrogens is 1220 g/mol. The fourth-order valence-electron chi connectivity index (χ4n) is 10.9. The van der Waals surface area contributed by atoms with Crippen LogP contribution in [0.1, 0.15) is 91.7 Å². The number of aromatic carboxylic acids is 2. The minimum absolute atomic E-state index is 0.0419. The molecular formula is C66H46F10N8O8. The molecule has 468 valence electrons. The van der Waals surface area contributed by atoms with Crippen LogP contribution in [0.5, 0.6) is 11.8 Å². The minimum Gasteiger partial charge on any atom is -0.478 e. The van der Waals surface area contributed by atoms with Gasteiger partial charge >= 0.3 is 11.9 Å².